The van der Waals surface area contributed by atoms with Crippen LogP contribution in [0.1, 0.15) is 50.0 Å². The summed E-state index contributed by atoms with van der Waals surface area (Å²) in [5.74, 6) is 0.774. The molecule has 2 rings (SSSR count). The first-order chi connectivity index (χ1) is 9.16. The number of aryl methyl sites for hydroxylation is 1. The maximum atomic E-state index is 12.8. The minimum atomic E-state index is -0.432. The van der Waals surface area contributed by atoms with Gasteiger partial charge < -0.3 is 9.47 Å². The second kappa shape index (κ2) is 4.88. The minimum Gasteiger partial charge on any atom is -0.496 e. The first-order valence-corrected chi connectivity index (χ1v) is 7.05. The molecule has 3 nitrogen and oxygen atoms in total. The summed E-state index contributed by atoms with van der Waals surface area (Å²) in [4.78, 5) is 12.8. The van der Waals surface area contributed by atoms with Crippen LogP contribution in [0.25, 0.3) is 0 Å². The van der Waals surface area contributed by atoms with Crippen molar-refractivity contribution in [2.24, 2.45) is 5.92 Å². The van der Waals surface area contributed by atoms with Gasteiger partial charge in [0.25, 0.3) is 0 Å². The third-order valence-corrected chi connectivity index (χ3v) is 4.08. The highest BCUT2D eigenvalue weighted by Gasteiger charge is 2.49. The van der Waals surface area contributed by atoms with Gasteiger partial charge in [0.15, 0.2) is 5.78 Å². The van der Waals surface area contributed by atoms with Gasteiger partial charge in [-0.15, -0.1) is 0 Å². The number of carbonyl (C=O) groups excluding carboxylic acids is 1. The Morgan fingerprint density at radius 1 is 1.30 bits per heavy atom. The second-order valence-corrected chi connectivity index (χ2v) is 6.77. The maximum absolute atomic E-state index is 12.8. The summed E-state index contributed by atoms with van der Waals surface area (Å²) in [7, 11) is 1.63. The molecule has 1 saturated heterocycles. The molecule has 110 valence electrons. The Hall–Kier alpha value is -1.35. The van der Waals surface area contributed by atoms with Crippen LogP contribution < -0.4 is 4.74 Å². The van der Waals surface area contributed by atoms with Gasteiger partial charge in [0.2, 0.25) is 0 Å². The van der Waals surface area contributed by atoms with Crippen molar-refractivity contribution in [2.75, 3.05) is 7.11 Å². The van der Waals surface area contributed by atoms with Crippen molar-refractivity contribution < 1.29 is 14.3 Å². The van der Waals surface area contributed by atoms with Crippen molar-refractivity contribution in [1.82, 2.24) is 0 Å². The molecule has 20 heavy (non-hydrogen) atoms. The number of Topliss-reactive ketones (excluding diaryl/α,β-unsaturated/α-hetero) is 1. The summed E-state index contributed by atoms with van der Waals surface area (Å²) in [5.41, 5.74) is 1.05. The fourth-order valence-electron chi connectivity index (χ4n) is 3.15. The van der Waals surface area contributed by atoms with E-state index < -0.39 is 5.60 Å². The van der Waals surface area contributed by atoms with Crippen LogP contribution in [-0.2, 0) is 4.74 Å². The number of rotatable bonds is 3. The number of ketones is 1. The van der Waals surface area contributed by atoms with Crippen LogP contribution in [-0.4, -0.2) is 24.1 Å². The highest BCUT2D eigenvalue weighted by molar-refractivity contribution is 5.99. The predicted molar refractivity (Wildman–Crippen MR) is 79.4 cm³/mol. The van der Waals surface area contributed by atoms with Gasteiger partial charge in [0.05, 0.1) is 24.2 Å². The van der Waals surface area contributed by atoms with Crippen LogP contribution in [0.15, 0.2) is 18.2 Å². The Bertz CT molecular complexity index is 529. The molecule has 1 unspecified atom stereocenters. The Balaban J connectivity index is 2.32. The van der Waals surface area contributed by atoms with Gasteiger partial charge in [-0.3, -0.25) is 4.79 Å². The summed E-state index contributed by atoms with van der Waals surface area (Å²) in [6.45, 7) is 10.0. The molecule has 0 radical (unpaired) electrons. The second-order valence-electron chi connectivity index (χ2n) is 6.77. The number of ether oxygens (including phenoxy) is 2. The van der Waals surface area contributed by atoms with E-state index in [1.165, 1.54) is 0 Å². The molecule has 0 spiro atoms. The van der Waals surface area contributed by atoms with Crippen molar-refractivity contribution in [3.63, 3.8) is 0 Å². The minimum absolute atomic E-state index is 0.120. The van der Waals surface area contributed by atoms with Gasteiger partial charge >= 0.3 is 0 Å². The largest absolute Gasteiger partial charge is 0.496 e. The molecular formula is C17H24O3. The average Bonchev–Trinajstić information content (AvgIpc) is 2.57. The molecule has 1 heterocycles. The van der Waals surface area contributed by atoms with Crippen LogP contribution in [0, 0.1) is 12.8 Å². The van der Waals surface area contributed by atoms with E-state index in [4.69, 9.17) is 9.47 Å². The van der Waals surface area contributed by atoms with Crippen molar-refractivity contribution in [1.29, 1.82) is 0 Å². The molecule has 0 bridgehead atoms. The van der Waals surface area contributed by atoms with Crippen molar-refractivity contribution in [3.05, 3.63) is 29.3 Å². The van der Waals surface area contributed by atoms with E-state index in [2.05, 4.69) is 0 Å². The van der Waals surface area contributed by atoms with Crippen molar-refractivity contribution in [3.8, 4) is 5.75 Å². The Kier molecular flexibility index (Phi) is 3.67. The molecule has 1 atom stereocenters. The lowest BCUT2D eigenvalue weighted by Crippen LogP contribution is -2.33. The molecule has 1 aromatic carbocycles. The summed E-state index contributed by atoms with van der Waals surface area (Å²) in [5, 5.41) is 0. The van der Waals surface area contributed by atoms with E-state index in [1.54, 1.807) is 7.11 Å². The summed E-state index contributed by atoms with van der Waals surface area (Å²) >= 11 is 0. The highest BCUT2D eigenvalue weighted by Crippen LogP contribution is 2.43. The lowest BCUT2D eigenvalue weighted by molar-refractivity contribution is -0.0712. The van der Waals surface area contributed by atoms with Gasteiger partial charge in [0.1, 0.15) is 5.75 Å². The van der Waals surface area contributed by atoms with Crippen LogP contribution in [0.5, 0.6) is 5.75 Å². The molecule has 1 aliphatic rings. The molecule has 1 aliphatic heterocycles. The van der Waals surface area contributed by atoms with E-state index in [-0.39, 0.29) is 17.3 Å². The van der Waals surface area contributed by atoms with Crippen molar-refractivity contribution >= 4 is 5.78 Å². The van der Waals surface area contributed by atoms with E-state index in [9.17, 15) is 4.79 Å². The number of hydrogen-bond donors (Lipinski definition) is 0. The maximum Gasteiger partial charge on any atom is 0.169 e. The Labute approximate surface area is 121 Å². The monoisotopic (exact) mass is 276 g/mol. The Morgan fingerprint density at radius 3 is 2.45 bits per heavy atom. The number of carbonyl (C=O) groups is 1. The standard InChI is InChI=1S/C17H24O3/c1-11-7-8-12(9-14(11)19-6)15(18)13-10-16(2,3)20-17(13,4)5/h7-9,13H,10H2,1-6H3. The van der Waals surface area contributed by atoms with Crippen LogP contribution in [0.2, 0.25) is 0 Å². The van der Waals surface area contributed by atoms with Gasteiger partial charge in [-0.25, -0.2) is 0 Å². The molecule has 0 amide bonds. The lowest BCUT2D eigenvalue weighted by Gasteiger charge is -2.26. The molecule has 0 aliphatic carbocycles. The predicted octanol–water partition coefficient (Wildman–Crippen LogP) is 3.78. The first-order valence-electron chi connectivity index (χ1n) is 7.05. The van der Waals surface area contributed by atoms with Gasteiger partial charge in [-0.05, 0) is 52.7 Å². The molecule has 0 saturated carbocycles. The zero-order valence-corrected chi connectivity index (χ0v) is 13.2. The average molecular weight is 276 g/mol. The van der Waals surface area contributed by atoms with Gasteiger partial charge in [-0.1, -0.05) is 12.1 Å². The number of methoxy groups -OCH3 is 1. The summed E-state index contributed by atoms with van der Waals surface area (Å²) in [6.07, 6.45) is 0.745. The topological polar surface area (TPSA) is 35.5 Å². The summed E-state index contributed by atoms with van der Waals surface area (Å²) < 4.78 is 11.3. The Morgan fingerprint density at radius 2 is 1.95 bits per heavy atom. The van der Waals surface area contributed by atoms with Gasteiger partial charge in [-0.2, -0.15) is 0 Å². The third-order valence-electron chi connectivity index (χ3n) is 4.08. The number of benzene rings is 1. The number of hydrogen-bond acceptors (Lipinski definition) is 3. The molecule has 1 aromatic rings. The van der Waals surface area contributed by atoms with E-state index >= 15 is 0 Å². The molecular weight excluding hydrogens is 252 g/mol. The highest BCUT2D eigenvalue weighted by atomic mass is 16.5. The normalized spacial score (nSPS) is 23.6. The fourth-order valence-corrected chi connectivity index (χ4v) is 3.15. The smallest absolute Gasteiger partial charge is 0.169 e. The zero-order valence-electron chi connectivity index (χ0n) is 13.2. The molecule has 0 N–H and O–H groups in total. The van der Waals surface area contributed by atoms with Crippen LogP contribution in [0.3, 0.4) is 0 Å². The third kappa shape index (κ3) is 2.73. The van der Waals surface area contributed by atoms with E-state index in [0.717, 1.165) is 17.7 Å². The molecule has 3 heteroatoms. The first kappa shape index (κ1) is 15.0. The lowest BCUT2D eigenvalue weighted by atomic mass is 9.81. The fraction of sp³-hybridized carbons (Fsp3) is 0.588. The van der Waals surface area contributed by atoms with Crippen LogP contribution >= 0.6 is 0 Å². The van der Waals surface area contributed by atoms with Crippen LogP contribution in [0.4, 0.5) is 0 Å². The quantitative estimate of drug-likeness (QED) is 0.788. The van der Waals surface area contributed by atoms with Gasteiger partial charge in [0, 0.05) is 5.56 Å². The van der Waals surface area contributed by atoms with Crippen molar-refractivity contribution in [2.45, 2.75) is 52.2 Å². The molecule has 0 aromatic heterocycles. The SMILES string of the molecule is COc1cc(C(=O)C2CC(C)(C)OC2(C)C)ccc1C. The molecule has 1 fully saturated rings. The van der Waals surface area contributed by atoms with E-state index in [0.29, 0.717) is 5.56 Å². The van der Waals surface area contributed by atoms with E-state index in [1.807, 2.05) is 52.8 Å². The summed E-state index contributed by atoms with van der Waals surface area (Å²) in [6, 6.07) is 5.64. The zero-order chi connectivity index (χ0) is 15.1.